The van der Waals surface area contributed by atoms with Crippen LogP contribution in [0.3, 0.4) is 0 Å². The Morgan fingerprint density at radius 2 is 1.90 bits per heavy atom. The number of cyclic esters (lactones) is 1. The fraction of sp³-hybridized carbons (Fsp3) is 0.500. The number of ether oxygens (including phenoxy) is 4. The average Bonchev–Trinajstić information content (AvgIpc) is 3.21. The van der Waals surface area contributed by atoms with E-state index in [0.717, 1.165) is 22.4 Å². The quantitative estimate of drug-likeness (QED) is 0.309. The molecule has 4 unspecified atom stereocenters. The molecule has 39 heavy (non-hydrogen) atoms. The Balaban J connectivity index is 1.09. The van der Waals surface area contributed by atoms with Crippen LogP contribution >= 0.6 is 15.9 Å². The third-order valence-corrected chi connectivity index (χ3v) is 10.4. The van der Waals surface area contributed by atoms with Gasteiger partial charge < -0.3 is 28.3 Å². The van der Waals surface area contributed by atoms with Crippen LogP contribution in [-0.2, 0) is 25.4 Å². The molecule has 5 atom stereocenters. The predicted molar refractivity (Wildman–Crippen MR) is 148 cm³/mol. The van der Waals surface area contributed by atoms with Gasteiger partial charge in [0.15, 0.2) is 0 Å². The van der Waals surface area contributed by atoms with Gasteiger partial charge in [-0.1, -0.05) is 59.3 Å². The van der Waals surface area contributed by atoms with E-state index < -0.39 is 18.9 Å². The Morgan fingerprint density at radius 1 is 1.10 bits per heavy atom. The largest absolute Gasteiger partial charge is 0.498 e. The summed E-state index contributed by atoms with van der Waals surface area (Å²) in [6, 6.07) is 13.7. The summed E-state index contributed by atoms with van der Waals surface area (Å²) in [5.41, 5.74) is 1.69. The van der Waals surface area contributed by atoms with Crippen LogP contribution in [0.15, 0.2) is 53.0 Å². The molecule has 2 aliphatic heterocycles. The van der Waals surface area contributed by atoms with Crippen molar-refractivity contribution in [2.24, 2.45) is 17.3 Å². The molecule has 5 aliphatic rings. The standard InChI is InChI=1S/C30H32BBrO7/c1-27(2)36-25-21(31-38-29(4)23-14-19-15-30(29,39-31)28(19,23)3)10-11-22(24(25)26(33)37-27)35-13-12-20(32)17-34-16-18-8-6-5-7-9-18/h5-12,19,23H,13-17H2,1-4H3/b20-12-/t19?,23?,28?,29-,30?/m0/s1. The smallest absolute Gasteiger partial charge is 0.488 e. The molecule has 1 saturated heterocycles. The first-order valence-corrected chi connectivity index (χ1v) is 14.4. The maximum Gasteiger partial charge on any atom is 0.498 e. The Kier molecular flexibility index (Phi) is 5.64. The molecule has 3 aliphatic carbocycles. The van der Waals surface area contributed by atoms with Crippen molar-refractivity contribution in [1.82, 2.24) is 0 Å². The molecule has 2 heterocycles. The number of rotatable bonds is 8. The minimum atomic E-state index is -1.12. The number of hydrogen-bond donors (Lipinski definition) is 0. The molecule has 0 bridgehead atoms. The van der Waals surface area contributed by atoms with Gasteiger partial charge in [0.25, 0.3) is 0 Å². The minimum Gasteiger partial charge on any atom is -0.488 e. The Morgan fingerprint density at radius 3 is 2.62 bits per heavy atom. The monoisotopic (exact) mass is 594 g/mol. The lowest BCUT2D eigenvalue weighted by atomic mass is 9.21. The molecule has 0 N–H and O–H groups in total. The van der Waals surface area contributed by atoms with Crippen LogP contribution in [0.4, 0.5) is 0 Å². The lowest BCUT2D eigenvalue weighted by molar-refractivity contribution is -0.429. The zero-order valence-electron chi connectivity index (χ0n) is 22.6. The fourth-order valence-electron chi connectivity index (χ4n) is 7.86. The first-order valence-electron chi connectivity index (χ1n) is 13.6. The van der Waals surface area contributed by atoms with E-state index in [1.165, 1.54) is 6.42 Å². The van der Waals surface area contributed by atoms with E-state index >= 15 is 0 Å². The van der Waals surface area contributed by atoms with Gasteiger partial charge in [-0.25, -0.2) is 4.79 Å². The van der Waals surface area contributed by atoms with Crippen molar-refractivity contribution >= 4 is 34.5 Å². The Hall–Kier alpha value is -2.33. The van der Waals surface area contributed by atoms with Crippen molar-refractivity contribution in [3.63, 3.8) is 0 Å². The van der Waals surface area contributed by atoms with E-state index in [1.54, 1.807) is 19.9 Å². The Labute approximate surface area is 237 Å². The predicted octanol–water partition coefficient (Wildman–Crippen LogP) is 5.15. The lowest BCUT2D eigenvalue weighted by Gasteiger charge is -2.87. The van der Waals surface area contributed by atoms with Crippen LogP contribution in [0.1, 0.15) is 56.5 Å². The molecule has 2 aromatic rings. The maximum absolute atomic E-state index is 13.2. The zero-order valence-corrected chi connectivity index (χ0v) is 24.2. The molecule has 3 saturated carbocycles. The van der Waals surface area contributed by atoms with E-state index in [2.05, 4.69) is 29.8 Å². The van der Waals surface area contributed by atoms with Crippen LogP contribution in [-0.4, -0.2) is 43.3 Å². The molecular formula is C30H32BBrO7. The Bertz CT molecular complexity index is 1380. The highest BCUT2D eigenvalue weighted by atomic mass is 79.9. The van der Waals surface area contributed by atoms with Crippen LogP contribution in [0.25, 0.3) is 0 Å². The number of hydrogen-bond acceptors (Lipinski definition) is 7. The minimum absolute atomic E-state index is 0.198. The van der Waals surface area contributed by atoms with Gasteiger partial charge in [0.05, 0.1) is 24.4 Å². The molecular weight excluding hydrogens is 563 g/mol. The molecule has 0 aromatic heterocycles. The highest BCUT2D eigenvalue weighted by Crippen LogP contribution is 2.87. The normalized spacial score (nSPS) is 34.8. The third kappa shape index (κ3) is 3.49. The number of carbonyl (C=O) groups is 1. The van der Waals surface area contributed by atoms with E-state index in [-0.39, 0.29) is 28.8 Å². The van der Waals surface area contributed by atoms with Gasteiger partial charge in [0.2, 0.25) is 5.79 Å². The molecule has 0 amide bonds. The summed E-state index contributed by atoms with van der Waals surface area (Å²) in [7, 11) is -0.612. The summed E-state index contributed by atoms with van der Waals surface area (Å²) < 4.78 is 37.8. The average molecular weight is 595 g/mol. The molecule has 204 valence electrons. The molecule has 4 fully saturated rings. The second kappa shape index (κ2) is 8.59. The second-order valence-electron chi connectivity index (χ2n) is 12.2. The van der Waals surface area contributed by atoms with Crippen molar-refractivity contribution < 1.29 is 33.1 Å². The first-order chi connectivity index (χ1) is 18.6. The van der Waals surface area contributed by atoms with Crippen LogP contribution in [0, 0.1) is 17.3 Å². The van der Waals surface area contributed by atoms with Crippen molar-refractivity contribution in [1.29, 1.82) is 0 Å². The van der Waals surface area contributed by atoms with Crippen LogP contribution in [0.5, 0.6) is 11.5 Å². The molecule has 7 rings (SSSR count). The van der Waals surface area contributed by atoms with E-state index in [4.69, 9.17) is 28.3 Å². The SMILES string of the molecule is CC1(C)OC(=O)c2c(OC/C=C(\Br)COCc3ccccc3)ccc(B3OC45CC6CC(C64C)[C@]5(C)O3)c2O1. The van der Waals surface area contributed by atoms with Crippen molar-refractivity contribution in [2.75, 3.05) is 13.2 Å². The van der Waals surface area contributed by atoms with Gasteiger partial charge in [-0.15, -0.1) is 0 Å². The van der Waals surface area contributed by atoms with Gasteiger partial charge in [0.1, 0.15) is 23.7 Å². The van der Waals surface area contributed by atoms with Gasteiger partial charge in [-0.3, -0.25) is 0 Å². The summed E-state index contributed by atoms with van der Waals surface area (Å²) in [6.45, 7) is 9.13. The number of esters is 1. The molecule has 7 nitrogen and oxygen atoms in total. The number of fused-ring (bicyclic) bond motifs is 2. The summed E-state index contributed by atoms with van der Waals surface area (Å²) in [4.78, 5) is 13.2. The van der Waals surface area contributed by atoms with Crippen LogP contribution < -0.4 is 14.9 Å². The summed E-state index contributed by atoms with van der Waals surface area (Å²) in [5, 5.41) is 0. The zero-order chi connectivity index (χ0) is 27.2. The summed E-state index contributed by atoms with van der Waals surface area (Å²) in [6.07, 6.45) is 4.10. The number of benzene rings is 2. The van der Waals surface area contributed by atoms with Crippen molar-refractivity contribution in [2.45, 2.75) is 64.1 Å². The maximum atomic E-state index is 13.2. The third-order valence-electron chi connectivity index (χ3n) is 9.81. The van der Waals surface area contributed by atoms with Gasteiger partial charge in [0, 0.05) is 29.2 Å². The van der Waals surface area contributed by atoms with Gasteiger partial charge in [-0.05, 0) is 49.3 Å². The summed E-state index contributed by atoms with van der Waals surface area (Å²) >= 11 is 3.54. The topological polar surface area (TPSA) is 72.5 Å². The molecule has 9 heteroatoms. The van der Waals surface area contributed by atoms with E-state index in [9.17, 15) is 4.79 Å². The molecule has 1 spiro atoms. The molecule has 0 radical (unpaired) electrons. The summed E-state index contributed by atoms with van der Waals surface area (Å²) in [5.74, 6) is 0.413. The van der Waals surface area contributed by atoms with Crippen molar-refractivity contribution in [3.8, 4) is 11.5 Å². The lowest BCUT2D eigenvalue weighted by Crippen LogP contribution is -2.92. The van der Waals surface area contributed by atoms with Gasteiger partial charge in [-0.2, -0.15) is 0 Å². The van der Waals surface area contributed by atoms with Crippen LogP contribution in [0.2, 0.25) is 0 Å². The van der Waals surface area contributed by atoms with Crippen molar-refractivity contribution in [3.05, 3.63) is 64.1 Å². The highest BCUT2D eigenvalue weighted by Gasteiger charge is 2.93. The van der Waals surface area contributed by atoms with Gasteiger partial charge >= 0.3 is 13.1 Å². The molecule has 2 aromatic carbocycles. The fourth-order valence-corrected chi connectivity index (χ4v) is 8.15. The number of carbonyl (C=O) groups excluding carboxylic acids is 1. The van der Waals surface area contributed by atoms with E-state index in [0.29, 0.717) is 36.1 Å². The number of halogens is 1. The first kappa shape index (κ1) is 25.6. The van der Waals surface area contributed by atoms with E-state index in [1.807, 2.05) is 42.5 Å². The highest BCUT2D eigenvalue weighted by molar-refractivity contribution is 9.11. The second-order valence-corrected chi connectivity index (χ2v) is 13.2.